The van der Waals surface area contributed by atoms with Gasteiger partial charge in [-0.1, -0.05) is 30.3 Å². The summed E-state index contributed by atoms with van der Waals surface area (Å²) in [7, 11) is 0. The maximum atomic E-state index is 12.0. The molecule has 1 aliphatic heterocycles. The second-order valence-corrected chi connectivity index (χ2v) is 4.32. The molecule has 0 aromatic heterocycles. The highest BCUT2D eigenvalue weighted by atomic mass is 16.2. The van der Waals surface area contributed by atoms with Crippen molar-refractivity contribution in [1.29, 1.82) is 0 Å². The van der Waals surface area contributed by atoms with E-state index >= 15 is 0 Å². The molecular formula is C13H19N3O. The molecule has 92 valence electrons. The van der Waals surface area contributed by atoms with E-state index < -0.39 is 0 Å². The normalized spacial score (nSPS) is 15.7. The lowest BCUT2D eigenvalue weighted by molar-refractivity contribution is 0.190. The number of carbonyl (C=O) groups excluding carboxylic acids is 1. The van der Waals surface area contributed by atoms with Gasteiger partial charge in [-0.25, -0.2) is 4.79 Å². The summed E-state index contributed by atoms with van der Waals surface area (Å²) in [5.41, 5.74) is 6.64. The Morgan fingerprint density at radius 2 is 1.82 bits per heavy atom. The van der Waals surface area contributed by atoms with Crippen LogP contribution >= 0.6 is 0 Å². The Bertz CT molecular complexity index is 366. The van der Waals surface area contributed by atoms with E-state index in [1.807, 2.05) is 28.0 Å². The molecule has 1 aromatic carbocycles. The SMILES string of the molecule is NCCCN1CCN(Cc2ccccc2)C1=O. The van der Waals surface area contributed by atoms with Crippen molar-refractivity contribution in [3.63, 3.8) is 0 Å². The van der Waals surface area contributed by atoms with Gasteiger partial charge in [0.15, 0.2) is 0 Å². The van der Waals surface area contributed by atoms with E-state index in [0.717, 1.165) is 26.1 Å². The lowest BCUT2D eigenvalue weighted by Crippen LogP contribution is -2.32. The summed E-state index contributed by atoms with van der Waals surface area (Å²) in [5.74, 6) is 0. The number of urea groups is 1. The minimum absolute atomic E-state index is 0.141. The van der Waals surface area contributed by atoms with Crippen molar-refractivity contribution in [1.82, 2.24) is 9.80 Å². The zero-order valence-electron chi connectivity index (χ0n) is 10.0. The third kappa shape index (κ3) is 2.97. The van der Waals surface area contributed by atoms with Gasteiger partial charge in [0.05, 0.1) is 0 Å². The lowest BCUT2D eigenvalue weighted by atomic mass is 10.2. The summed E-state index contributed by atoms with van der Waals surface area (Å²) < 4.78 is 0. The second kappa shape index (κ2) is 5.68. The fourth-order valence-electron chi connectivity index (χ4n) is 2.07. The number of hydrogen-bond acceptors (Lipinski definition) is 2. The van der Waals surface area contributed by atoms with Gasteiger partial charge < -0.3 is 15.5 Å². The highest BCUT2D eigenvalue weighted by molar-refractivity contribution is 5.76. The monoisotopic (exact) mass is 233 g/mol. The van der Waals surface area contributed by atoms with Crippen molar-refractivity contribution in [3.05, 3.63) is 35.9 Å². The summed E-state index contributed by atoms with van der Waals surface area (Å²) >= 11 is 0. The highest BCUT2D eigenvalue weighted by Crippen LogP contribution is 2.13. The Balaban J connectivity index is 1.89. The molecule has 0 unspecified atom stereocenters. The van der Waals surface area contributed by atoms with Gasteiger partial charge in [0.25, 0.3) is 0 Å². The van der Waals surface area contributed by atoms with Crippen LogP contribution in [0.2, 0.25) is 0 Å². The molecule has 2 amide bonds. The molecule has 0 bridgehead atoms. The fourth-order valence-corrected chi connectivity index (χ4v) is 2.07. The zero-order chi connectivity index (χ0) is 12.1. The van der Waals surface area contributed by atoms with Gasteiger partial charge in [0.1, 0.15) is 0 Å². The van der Waals surface area contributed by atoms with E-state index in [2.05, 4.69) is 12.1 Å². The minimum Gasteiger partial charge on any atom is -0.330 e. The molecule has 0 saturated carbocycles. The van der Waals surface area contributed by atoms with Crippen molar-refractivity contribution in [2.75, 3.05) is 26.2 Å². The molecule has 1 aliphatic rings. The van der Waals surface area contributed by atoms with E-state index in [0.29, 0.717) is 13.1 Å². The molecule has 0 spiro atoms. The lowest BCUT2D eigenvalue weighted by Gasteiger charge is -2.18. The molecule has 4 heteroatoms. The summed E-state index contributed by atoms with van der Waals surface area (Å²) in [4.78, 5) is 15.8. The number of benzene rings is 1. The number of amides is 2. The highest BCUT2D eigenvalue weighted by Gasteiger charge is 2.27. The van der Waals surface area contributed by atoms with Gasteiger partial charge in [0.2, 0.25) is 0 Å². The van der Waals surface area contributed by atoms with Crippen LogP contribution in [0.1, 0.15) is 12.0 Å². The van der Waals surface area contributed by atoms with Crippen LogP contribution < -0.4 is 5.73 Å². The topological polar surface area (TPSA) is 49.6 Å². The van der Waals surface area contributed by atoms with Crippen molar-refractivity contribution < 1.29 is 4.79 Å². The Morgan fingerprint density at radius 1 is 1.12 bits per heavy atom. The first-order valence-electron chi connectivity index (χ1n) is 6.09. The summed E-state index contributed by atoms with van der Waals surface area (Å²) in [6.07, 6.45) is 0.880. The maximum absolute atomic E-state index is 12.0. The molecule has 17 heavy (non-hydrogen) atoms. The molecular weight excluding hydrogens is 214 g/mol. The largest absolute Gasteiger partial charge is 0.330 e. The molecule has 4 nitrogen and oxygen atoms in total. The number of nitrogens with two attached hydrogens (primary N) is 1. The average Bonchev–Trinajstić information content (AvgIpc) is 2.70. The molecule has 0 aliphatic carbocycles. The third-order valence-electron chi connectivity index (χ3n) is 3.03. The van der Waals surface area contributed by atoms with Crippen molar-refractivity contribution >= 4 is 6.03 Å². The van der Waals surface area contributed by atoms with Crippen molar-refractivity contribution in [3.8, 4) is 0 Å². The van der Waals surface area contributed by atoms with Gasteiger partial charge in [-0.2, -0.15) is 0 Å². The first-order valence-corrected chi connectivity index (χ1v) is 6.09. The van der Waals surface area contributed by atoms with Gasteiger partial charge >= 0.3 is 6.03 Å². The van der Waals surface area contributed by atoms with Crippen LogP contribution in [-0.2, 0) is 6.54 Å². The molecule has 1 saturated heterocycles. The molecule has 2 rings (SSSR count). The molecule has 1 heterocycles. The third-order valence-corrected chi connectivity index (χ3v) is 3.03. The number of carbonyl (C=O) groups is 1. The molecule has 0 radical (unpaired) electrons. The van der Waals surface area contributed by atoms with Gasteiger partial charge in [0, 0.05) is 26.2 Å². The average molecular weight is 233 g/mol. The van der Waals surface area contributed by atoms with Gasteiger partial charge in [-0.15, -0.1) is 0 Å². The second-order valence-electron chi connectivity index (χ2n) is 4.32. The number of rotatable bonds is 5. The standard InChI is InChI=1S/C13H19N3O/c14-7-4-8-15-9-10-16(13(15)17)11-12-5-2-1-3-6-12/h1-3,5-6H,4,7-11,14H2. The minimum atomic E-state index is 0.141. The van der Waals surface area contributed by atoms with E-state index in [4.69, 9.17) is 5.73 Å². The van der Waals surface area contributed by atoms with Crippen LogP contribution in [0.25, 0.3) is 0 Å². The van der Waals surface area contributed by atoms with Crippen LogP contribution in [-0.4, -0.2) is 42.0 Å². The van der Waals surface area contributed by atoms with Crippen molar-refractivity contribution in [2.24, 2.45) is 5.73 Å². The van der Waals surface area contributed by atoms with E-state index in [1.165, 1.54) is 5.56 Å². The first kappa shape index (κ1) is 11.9. The maximum Gasteiger partial charge on any atom is 0.320 e. The number of nitrogens with zero attached hydrogens (tertiary/aromatic N) is 2. The summed E-state index contributed by atoms with van der Waals surface area (Å²) in [6.45, 7) is 3.77. The predicted octanol–water partition coefficient (Wildman–Crippen LogP) is 1.27. The molecule has 2 N–H and O–H groups in total. The number of hydrogen-bond donors (Lipinski definition) is 1. The smallest absolute Gasteiger partial charge is 0.320 e. The Labute approximate surface area is 102 Å². The molecule has 0 atom stereocenters. The van der Waals surface area contributed by atoms with Crippen LogP contribution in [0.15, 0.2) is 30.3 Å². The quantitative estimate of drug-likeness (QED) is 0.832. The van der Waals surface area contributed by atoms with Gasteiger partial charge in [-0.3, -0.25) is 0 Å². The van der Waals surface area contributed by atoms with Crippen LogP contribution in [0.5, 0.6) is 0 Å². The van der Waals surface area contributed by atoms with Crippen LogP contribution in [0.3, 0.4) is 0 Å². The van der Waals surface area contributed by atoms with Gasteiger partial charge in [-0.05, 0) is 18.5 Å². The van der Waals surface area contributed by atoms with Crippen LogP contribution in [0, 0.1) is 0 Å². The summed E-state index contributed by atoms with van der Waals surface area (Å²) in [6, 6.07) is 10.2. The Morgan fingerprint density at radius 3 is 2.53 bits per heavy atom. The fraction of sp³-hybridized carbons (Fsp3) is 0.462. The van der Waals surface area contributed by atoms with Crippen LogP contribution in [0.4, 0.5) is 4.79 Å². The molecule has 1 fully saturated rings. The molecule has 1 aromatic rings. The Hall–Kier alpha value is -1.55. The predicted molar refractivity (Wildman–Crippen MR) is 67.5 cm³/mol. The van der Waals surface area contributed by atoms with E-state index in [-0.39, 0.29) is 6.03 Å². The summed E-state index contributed by atoms with van der Waals surface area (Å²) in [5, 5.41) is 0. The van der Waals surface area contributed by atoms with E-state index in [1.54, 1.807) is 0 Å². The Kier molecular flexibility index (Phi) is 3.98. The van der Waals surface area contributed by atoms with Crippen molar-refractivity contribution in [2.45, 2.75) is 13.0 Å². The first-order chi connectivity index (χ1) is 8.31. The zero-order valence-corrected chi connectivity index (χ0v) is 10.0. The van der Waals surface area contributed by atoms with E-state index in [9.17, 15) is 4.79 Å².